The number of anilines is 1. The minimum atomic E-state index is -3.36. The number of hydrogen-bond donors (Lipinski definition) is 2. The number of sulfone groups is 1. The van der Waals surface area contributed by atoms with Crippen LogP contribution < -0.4 is 15.4 Å². The Morgan fingerprint density at radius 3 is 2.69 bits per heavy atom. The lowest BCUT2D eigenvalue weighted by Gasteiger charge is -2.10. The summed E-state index contributed by atoms with van der Waals surface area (Å²) in [7, 11) is -3.36. The van der Waals surface area contributed by atoms with Gasteiger partial charge in [0.2, 0.25) is 5.88 Å². The first-order chi connectivity index (χ1) is 19.0. The third-order valence-electron chi connectivity index (χ3n) is 6.21. The molecule has 14 heteroatoms. The van der Waals surface area contributed by atoms with Crippen molar-refractivity contribution in [1.82, 2.24) is 20.3 Å². The summed E-state index contributed by atoms with van der Waals surface area (Å²) in [6.07, 6.45) is 4.00. The number of benzene rings is 1. The molecular formula is C25H24N6O5S3. The van der Waals surface area contributed by atoms with Crippen molar-refractivity contribution in [3.63, 3.8) is 0 Å². The molecular weight excluding hydrogens is 561 g/mol. The summed E-state index contributed by atoms with van der Waals surface area (Å²) >= 11 is 2.62. The van der Waals surface area contributed by atoms with Gasteiger partial charge in [0.1, 0.15) is 21.5 Å². The number of ether oxygens (including phenoxy) is 1. The Labute approximate surface area is 232 Å². The van der Waals surface area contributed by atoms with Gasteiger partial charge in [0.05, 0.1) is 10.1 Å². The Hall–Kier alpha value is -3.46. The summed E-state index contributed by atoms with van der Waals surface area (Å²) in [5, 5.41) is 12.6. The van der Waals surface area contributed by atoms with Crippen LogP contribution in [0.4, 0.5) is 5.13 Å². The first-order valence-corrected chi connectivity index (χ1v) is 15.6. The lowest BCUT2D eigenvalue weighted by molar-refractivity contribution is -0.110. The second-order valence-corrected chi connectivity index (χ2v) is 13.3. The molecule has 0 unspecified atom stereocenters. The summed E-state index contributed by atoms with van der Waals surface area (Å²) in [5.74, 6) is -0.0451. The Balaban J connectivity index is 1.22. The van der Waals surface area contributed by atoms with Gasteiger partial charge in [0.15, 0.2) is 27.3 Å². The third-order valence-corrected chi connectivity index (χ3v) is 10.1. The number of thiazole rings is 2. The van der Waals surface area contributed by atoms with Gasteiger partial charge in [-0.3, -0.25) is 10.1 Å². The zero-order chi connectivity index (χ0) is 26.8. The fourth-order valence-electron chi connectivity index (χ4n) is 4.05. The first kappa shape index (κ1) is 25.8. The molecule has 2 fully saturated rings. The van der Waals surface area contributed by atoms with E-state index in [2.05, 4.69) is 30.7 Å². The Morgan fingerprint density at radius 2 is 1.97 bits per heavy atom. The van der Waals surface area contributed by atoms with Crippen LogP contribution in [-0.2, 0) is 26.1 Å². The van der Waals surface area contributed by atoms with Gasteiger partial charge < -0.3 is 14.9 Å². The number of rotatable bonds is 10. The standard InChI is InChI=1S/C25H24N6O5S3/c32-23(30-25-28-19-7-8-20(29-24(19)38-25)36-16-9-10-26-13-16)22(31-35-14-21-27-11-12-37-21)15-1-3-17(4-2-15)39(33,34)18-5-6-18/h1-4,7-8,11-12,16,18,26H,5-6,9-10,13-14H2,(H,28,30,32)/b31-22+/t16-/m0/s1. The molecule has 11 nitrogen and oxygen atoms in total. The predicted molar refractivity (Wildman–Crippen MR) is 148 cm³/mol. The number of oxime groups is 1. The van der Waals surface area contributed by atoms with Crippen LogP contribution in [0.15, 0.2) is 58.0 Å². The molecule has 1 aromatic carbocycles. The van der Waals surface area contributed by atoms with E-state index < -0.39 is 15.7 Å². The zero-order valence-corrected chi connectivity index (χ0v) is 23.0. The molecule has 202 valence electrons. The second-order valence-electron chi connectivity index (χ2n) is 9.09. The van der Waals surface area contributed by atoms with Crippen molar-refractivity contribution >= 4 is 59.6 Å². The first-order valence-electron chi connectivity index (χ1n) is 12.3. The number of pyridine rings is 1. The van der Waals surface area contributed by atoms with Crippen LogP contribution in [-0.4, -0.2) is 59.4 Å². The molecule has 0 radical (unpaired) electrons. The quantitative estimate of drug-likeness (QED) is 0.212. The number of nitrogens with one attached hydrogen (secondary N) is 2. The van der Waals surface area contributed by atoms with Gasteiger partial charge in [0, 0.05) is 29.8 Å². The number of fused-ring (bicyclic) bond motifs is 1. The van der Waals surface area contributed by atoms with Crippen molar-refractivity contribution in [2.24, 2.45) is 5.16 Å². The highest BCUT2D eigenvalue weighted by Gasteiger charge is 2.36. The largest absolute Gasteiger partial charge is 0.473 e. The van der Waals surface area contributed by atoms with Gasteiger partial charge in [-0.15, -0.1) is 11.3 Å². The topological polar surface area (TPSA) is 145 Å². The Morgan fingerprint density at radius 1 is 1.13 bits per heavy atom. The number of aromatic nitrogens is 3. The van der Waals surface area contributed by atoms with Crippen molar-refractivity contribution in [2.45, 2.75) is 42.1 Å². The molecule has 2 N–H and O–H groups in total. The Bertz CT molecular complexity index is 1610. The van der Waals surface area contributed by atoms with Gasteiger partial charge in [-0.05, 0) is 44.0 Å². The summed E-state index contributed by atoms with van der Waals surface area (Å²) < 4.78 is 31.1. The van der Waals surface area contributed by atoms with Crippen molar-refractivity contribution in [3.05, 3.63) is 58.5 Å². The molecule has 39 heavy (non-hydrogen) atoms. The Kier molecular flexibility index (Phi) is 7.25. The maximum absolute atomic E-state index is 13.3. The fraction of sp³-hybridized carbons (Fsp3) is 0.320. The lowest BCUT2D eigenvalue weighted by atomic mass is 10.1. The monoisotopic (exact) mass is 584 g/mol. The molecule has 1 aliphatic heterocycles. The van der Waals surface area contributed by atoms with Crippen molar-refractivity contribution in [3.8, 4) is 5.88 Å². The third kappa shape index (κ3) is 5.93. The van der Waals surface area contributed by atoms with E-state index in [1.165, 1.54) is 34.8 Å². The highest BCUT2D eigenvalue weighted by molar-refractivity contribution is 7.92. The van der Waals surface area contributed by atoms with Crippen molar-refractivity contribution < 1.29 is 22.8 Å². The van der Waals surface area contributed by atoms with E-state index in [1.807, 2.05) is 5.38 Å². The maximum atomic E-state index is 13.3. The van der Waals surface area contributed by atoms with E-state index >= 15 is 0 Å². The minimum Gasteiger partial charge on any atom is -0.473 e. The van der Waals surface area contributed by atoms with Crippen LogP contribution in [0.3, 0.4) is 0 Å². The van der Waals surface area contributed by atoms with E-state index in [1.54, 1.807) is 30.5 Å². The van der Waals surface area contributed by atoms with E-state index in [9.17, 15) is 13.2 Å². The molecule has 6 rings (SSSR count). The molecule has 1 saturated heterocycles. The smallest absolute Gasteiger partial charge is 0.280 e. The van der Waals surface area contributed by atoms with Crippen LogP contribution in [0.5, 0.6) is 5.88 Å². The SMILES string of the molecule is O=C(Nc1nc2ccc(O[C@H]3CCNC3)nc2s1)/C(=N/OCc1nccs1)c1ccc(S(=O)(=O)C2CC2)cc1. The van der Waals surface area contributed by atoms with Gasteiger partial charge >= 0.3 is 0 Å². The minimum absolute atomic E-state index is 0.0214. The summed E-state index contributed by atoms with van der Waals surface area (Å²) in [6, 6.07) is 9.68. The van der Waals surface area contributed by atoms with Gasteiger partial charge in [-0.25, -0.2) is 23.4 Å². The molecule has 0 bridgehead atoms. The van der Waals surface area contributed by atoms with Crippen molar-refractivity contribution in [1.29, 1.82) is 0 Å². The number of hydrogen-bond acceptors (Lipinski definition) is 12. The molecule has 1 aliphatic carbocycles. The number of carbonyl (C=O) groups is 1. The average Bonchev–Trinajstić information content (AvgIpc) is 3.26. The highest BCUT2D eigenvalue weighted by Crippen LogP contribution is 2.33. The van der Waals surface area contributed by atoms with Crippen LogP contribution in [0.1, 0.15) is 29.8 Å². The molecule has 0 spiro atoms. The fourth-order valence-corrected chi connectivity index (χ4v) is 7.05. The predicted octanol–water partition coefficient (Wildman–Crippen LogP) is 3.38. The van der Waals surface area contributed by atoms with E-state index in [4.69, 9.17) is 9.57 Å². The van der Waals surface area contributed by atoms with E-state index in [-0.39, 0.29) is 28.6 Å². The molecule has 2 aliphatic rings. The average molecular weight is 585 g/mol. The zero-order valence-electron chi connectivity index (χ0n) is 20.6. The van der Waals surface area contributed by atoms with Crippen molar-refractivity contribution in [2.75, 3.05) is 18.4 Å². The summed E-state index contributed by atoms with van der Waals surface area (Å²) in [5.41, 5.74) is 1.01. The van der Waals surface area contributed by atoms with Crippen LogP contribution >= 0.6 is 22.7 Å². The second kappa shape index (κ2) is 11.0. The summed E-state index contributed by atoms with van der Waals surface area (Å²) in [4.78, 5) is 32.8. The van der Waals surface area contributed by atoms with Gasteiger partial charge in [0.25, 0.3) is 5.91 Å². The molecule has 1 saturated carbocycles. The van der Waals surface area contributed by atoms with Gasteiger partial charge in [-0.1, -0.05) is 28.6 Å². The van der Waals surface area contributed by atoms with Crippen LogP contribution in [0.2, 0.25) is 0 Å². The van der Waals surface area contributed by atoms with Crippen LogP contribution in [0.25, 0.3) is 10.3 Å². The molecule has 3 aromatic heterocycles. The van der Waals surface area contributed by atoms with Gasteiger partial charge in [-0.2, -0.15) is 0 Å². The normalized spacial score (nSPS) is 17.8. The summed E-state index contributed by atoms with van der Waals surface area (Å²) in [6.45, 7) is 1.79. The number of amides is 1. The maximum Gasteiger partial charge on any atom is 0.280 e. The molecule has 4 aromatic rings. The molecule has 4 heterocycles. The lowest BCUT2D eigenvalue weighted by Crippen LogP contribution is -2.24. The van der Waals surface area contributed by atoms with E-state index in [0.29, 0.717) is 44.8 Å². The molecule has 1 atom stereocenters. The highest BCUT2D eigenvalue weighted by atomic mass is 32.2. The van der Waals surface area contributed by atoms with E-state index in [0.717, 1.165) is 19.5 Å². The number of nitrogens with zero attached hydrogens (tertiary/aromatic N) is 4. The number of carbonyl (C=O) groups excluding carboxylic acids is 1. The van der Waals surface area contributed by atoms with Crippen LogP contribution in [0, 0.1) is 0 Å². The molecule has 1 amide bonds.